The second kappa shape index (κ2) is 6.48. The number of nitrogens with zero attached hydrogens (tertiary/aromatic N) is 3. The van der Waals surface area contributed by atoms with Crippen molar-refractivity contribution < 1.29 is 18.8 Å². The number of H-pyrrole nitrogens is 1. The molecule has 0 aliphatic heterocycles. The van der Waals surface area contributed by atoms with E-state index in [0.29, 0.717) is 22.4 Å². The maximum Gasteiger partial charge on any atom is 0.219 e. The fourth-order valence-corrected chi connectivity index (χ4v) is 3.26. The number of aryl methyl sites for hydroxylation is 2. The SMILES string of the molecule is COc1ncc(F)cc1C(O)c1c[nH]c2ncc(-c3c(C)noc3C)cc12. The summed E-state index contributed by atoms with van der Waals surface area (Å²) in [7, 11) is 1.42. The minimum atomic E-state index is -1.14. The molecule has 0 amide bonds. The van der Waals surface area contributed by atoms with Crippen molar-refractivity contribution in [2.24, 2.45) is 0 Å². The van der Waals surface area contributed by atoms with Crippen LogP contribution in [0.2, 0.25) is 0 Å². The Morgan fingerprint density at radius 3 is 2.70 bits per heavy atom. The molecule has 4 aromatic heterocycles. The smallest absolute Gasteiger partial charge is 0.219 e. The fraction of sp³-hybridized carbons (Fsp3) is 0.211. The van der Waals surface area contributed by atoms with E-state index >= 15 is 0 Å². The molecule has 0 saturated carbocycles. The van der Waals surface area contributed by atoms with Crippen LogP contribution in [0.3, 0.4) is 0 Å². The molecule has 0 aromatic carbocycles. The minimum Gasteiger partial charge on any atom is -0.481 e. The largest absolute Gasteiger partial charge is 0.481 e. The summed E-state index contributed by atoms with van der Waals surface area (Å²) in [6, 6.07) is 3.10. The van der Waals surface area contributed by atoms with E-state index in [2.05, 4.69) is 20.1 Å². The number of aliphatic hydroxyl groups excluding tert-OH is 1. The minimum absolute atomic E-state index is 0.160. The zero-order chi connectivity index (χ0) is 19.1. The summed E-state index contributed by atoms with van der Waals surface area (Å²) in [6.07, 6.45) is 3.26. The number of hydrogen-bond donors (Lipinski definition) is 2. The number of pyridine rings is 2. The summed E-state index contributed by atoms with van der Waals surface area (Å²) in [6.45, 7) is 3.68. The molecule has 7 nitrogen and oxygen atoms in total. The number of fused-ring (bicyclic) bond motifs is 1. The second-order valence-corrected chi connectivity index (χ2v) is 6.22. The van der Waals surface area contributed by atoms with Crippen molar-refractivity contribution in [2.45, 2.75) is 20.0 Å². The molecule has 4 rings (SSSR count). The molecule has 1 atom stereocenters. The van der Waals surface area contributed by atoms with Crippen molar-refractivity contribution in [3.05, 3.63) is 59.1 Å². The van der Waals surface area contributed by atoms with Gasteiger partial charge in [0.1, 0.15) is 23.3 Å². The van der Waals surface area contributed by atoms with Gasteiger partial charge in [-0.25, -0.2) is 14.4 Å². The molecule has 0 fully saturated rings. The molecule has 4 heterocycles. The van der Waals surface area contributed by atoms with Crippen LogP contribution in [0.1, 0.15) is 28.7 Å². The van der Waals surface area contributed by atoms with Gasteiger partial charge in [-0.05, 0) is 26.0 Å². The van der Waals surface area contributed by atoms with Crippen LogP contribution in [0.4, 0.5) is 4.39 Å². The standard InChI is InChI=1S/C19H17FN4O3/c1-9-16(10(2)27-24-9)11-4-13-15(8-22-18(13)21-6-11)17(25)14-5-12(20)7-23-19(14)26-3/h4-8,17,25H,1-3H3,(H,21,22). The Morgan fingerprint density at radius 1 is 1.19 bits per heavy atom. The molecule has 0 spiro atoms. The number of halogens is 1. The van der Waals surface area contributed by atoms with Crippen molar-refractivity contribution >= 4 is 11.0 Å². The van der Waals surface area contributed by atoms with Crippen LogP contribution >= 0.6 is 0 Å². The van der Waals surface area contributed by atoms with Gasteiger partial charge in [0.15, 0.2) is 0 Å². The van der Waals surface area contributed by atoms with Gasteiger partial charge < -0.3 is 19.4 Å². The lowest BCUT2D eigenvalue weighted by Crippen LogP contribution is -2.04. The summed E-state index contributed by atoms with van der Waals surface area (Å²) in [5, 5.41) is 15.6. The molecule has 1 unspecified atom stereocenters. The molecule has 0 radical (unpaired) electrons. The monoisotopic (exact) mass is 368 g/mol. The highest BCUT2D eigenvalue weighted by Gasteiger charge is 2.22. The Balaban J connectivity index is 1.86. The lowest BCUT2D eigenvalue weighted by atomic mass is 10.00. The average Bonchev–Trinajstić information content (AvgIpc) is 3.23. The van der Waals surface area contributed by atoms with Crippen molar-refractivity contribution in [3.8, 4) is 17.0 Å². The van der Waals surface area contributed by atoms with Crippen LogP contribution in [0, 0.1) is 19.7 Å². The first-order valence-corrected chi connectivity index (χ1v) is 8.27. The summed E-state index contributed by atoms with van der Waals surface area (Å²) in [5.41, 5.74) is 3.80. The van der Waals surface area contributed by atoms with Gasteiger partial charge in [-0.3, -0.25) is 0 Å². The predicted octanol–water partition coefficient (Wildman–Crippen LogP) is 3.46. The van der Waals surface area contributed by atoms with E-state index in [9.17, 15) is 9.50 Å². The Morgan fingerprint density at radius 2 is 2.00 bits per heavy atom. The number of methoxy groups -OCH3 is 1. The molecule has 0 bridgehead atoms. The zero-order valence-electron chi connectivity index (χ0n) is 14.9. The van der Waals surface area contributed by atoms with Crippen LogP contribution in [-0.2, 0) is 0 Å². The predicted molar refractivity (Wildman–Crippen MR) is 95.9 cm³/mol. The van der Waals surface area contributed by atoms with E-state index < -0.39 is 11.9 Å². The number of hydrogen-bond acceptors (Lipinski definition) is 6. The van der Waals surface area contributed by atoms with Gasteiger partial charge in [0.05, 0.1) is 24.6 Å². The highest BCUT2D eigenvalue weighted by molar-refractivity contribution is 5.86. The first-order valence-electron chi connectivity index (χ1n) is 8.27. The summed E-state index contributed by atoms with van der Waals surface area (Å²) >= 11 is 0. The number of rotatable bonds is 4. The second-order valence-electron chi connectivity index (χ2n) is 6.22. The quantitative estimate of drug-likeness (QED) is 0.573. The summed E-state index contributed by atoms with van der Waals surface area (Å²) in [5.74, 6) is 0.287. The van der Waals surface area contributed by atoms with Crippen molar-refractivity contribution in [2.75, 3.05) is 7.11 Å². The third kappa shape index (κ3) is 2.83. The fourth-order valence-electron chi connectivity index (χ4n) is 3.26. The van der Waals surface area contributed by atoms with Crippen LogP contribution in [0.5, 0.6) is 5.88 Å². The van der Waals surface area contributed by atoms with E-state index in [1.165, 1.54) is 13.2 Å². The lowest BCUT2D eigenvalue weighted by Gasteiger charge is -2.13. The Labute approximate surface area is 153 Å². The van der Waals surface area contributed by atoms with Crippen LogP contribution in [0.25, 0.3) is 22.2 Å². The normalized spacial score (nSPS) is 12.5. The number of aliphatic hydroxyl groups is 1. The van der Waals surface area contributed by atoms with Crippen LogP contribution < -0.4 is 4.74 Å². The molecular weight excluding hydrogens is 351 g/mol. The maximum atomic E-state index is 13.7. The number of aromatic nitrogens is 4. The molecule has 138 valence electrons. The summed E-state index contributed by atoms with van der Waals surface area (Å²) < 4.78 is 24.1. The van der Waals surface area contributed by atoms with Gasteiger partial charge >= 0.3 is 0 Å². The van der Waals surface area contributed by atoms with Crippen molar-refractivity contribution in [3.63, 3.8) is 0 Å². The van der Waals surface area contributed by atoms with E-state index in [0.717, 1.165) is 23.0 Å². The number of aromatic amines is 1. The van der Waals surface area contributed by atoms with E-state index in [1.807, 2.05) is 19.9 Å². The van der Waals surface area contributed by atoms with Gasteiger partial charge in [0.25, 0.3) is 0 Å². The zero-order valence-corrected chi connectivity index (χ0v) is 14.9. The third-order valence-corrected chi connectivity index (χ3v) is 4.51. The van der Waals surface area contributed by atoms with Gasteiger partial charge in [-0.1, -0.05) is 5.16 Å². The molecular formula is C19H17FN4O3. The lowest BCUT2D eigenvalue weighted by molar-refractivity contribution is 0.214. The summed E-state index contributed by atoms with van der Waals surface area (Å²) in [4.78, 5) is 11.3. The molecule has 0 aliphatic carbocycles. The highest BCUT2D eigenvalue weighted by Crippen LogP contribution is 2.35. The third-order valence-electron chi connectivity index (χ3n) is 4.51. The Hall–Kier alpha value is -3.26. The van der Waals surface area contributed by atoms with Crippen molar-refractivity contribution in [1.29, 1.82) is 0 Å². The molecule has 0 aliphatic rings. The number of ether oxygens (including phenoxy) is 1. The van der Waals surface area contributed by atoms with Gasteiger partial charge in [-0.15, -0.1) is 0 Å². The number of nitrogens with one attached hydrogen (secondary N) is 1. The average molecular weight is 368 g/mol. The van der Waals surface area contributed by atoms with Gasteiger partial charge in [0, 0.05) is 34.5 Å². The topological polar surface area (TPSA) is 97.1 Å². The molecule has 8 heteroatoms. The maximum absolute atomic E-state index is 13.7. The highest BCUT2D eigenvalue weighted by atomic mass is 19.1. The molecule has 0 saturated heterocycles. The van der Waals surface area contributed by atoms with E-state index in [4.69, 9.17) is 9.26 Å². The van der Waals surface area contributed by atoms with Crippen molar-refractivity contribution in [1.82, 2.24) is 20.1 Å². The van der Waals surface area contributed by atoms with Crippen LogP contribution in [-0.4, -0.2) is 32.3 Å². The Kier molecular flexibility index (Phi) is 4.12. The van der Waals surface area contributed by atoms with Crippen LogP contribution in [0.15, 0.2) is 35.2 Å². The van der Waals surface area contributed by atoms with E-state index in [1.54, 1.807) is 12.4 Å². The van der Waals surface area contributed by atoms with Gasteiger partial charge in [0.2, 0.25) is 5.88 Å². The Bertz CT molecular complexity index is 1120. The van der Waals surface area contributed by atoms with E-state index in [-0.39, 0.29) is 11.4 Å². The van der Waals surface area contributed by atoms with Gasteiger partial charge in [-0.2, -0.15) is 0 Å². The first kappa shape index (κ1) is 17.2. The molecule has 2 N–H and O–H groups in total. The molecule has 4 aromatic rings. The molecule has 27 heavy (non-hydrogen) atoms. The first-order chi connectivity index (χ1) is 13.0.